The molecule has 0 saturated heterocycles. The Morgan fingerprint density at radius 1 is 1.33 bits per heavy atom. The Hall–Kier alpha value is -0.870. The van der Waals surface area contributed by atoms with Gasteiger partial charge in [-0.1, -0.05) is 28.1 Å². The van der Waals surface area contributed by atoms with Crippen LogP contribution in [-0.2, 0) is 6.54 Å². The molecule has 0 fully saturated rings. The Labute approximate surface area is 102 Å². The van der Waals surface area contributed by atoms with E-state index in [2.05, 4.69) is 44.5 Å². The van der Waals surface area contributed by atoms with E-state index in [1.165, 1.54) is 5.56 Å². The van der Waals surface area contributed by atoms with Crippen LogP contribution in [0.5, 0.6) is 0 Å². The van der Waals surface area contributed by atoms with Crippen LogP contribution in [0.1, 0.15) is 6.92 Å². The first-order valence-corrected chi connectivity index (χ1v) is 5.96. The Kier molecular flexibility index (Phi) is 3.07. The smallest absolute Gasteiger partial charge is 0.177 e. The van der Waals surface area contributed by atoms with Crippen molar-refractivity contribution >= 4 is 28.1 Å². The third kappa shape index (κ3) is 2.06. The van der Waals surface area contributed by atoms with Gasteiger partial charge < -0.3 is 9.55 Å². The van der Waals surface area contributed by atoms with Gasteiger partial charge in [0.2, 0.25) is 0 Å². The topological polar surface area (TPSA) is 20.7 Å². The van der Waals surface area contributed by atoms with Crippen LogP contribution in [0.3, 0.4) is 0 Å². The van der Waals surface area contributed by atoms with Crippen molar-refractivity contribution in [2.75, 3.05) is 0 Å². The Bertz CT molecular complexity index is 510. The number of imidazole rings is 1. The maximum absolute atomic E-state index is 5.20. The van der Waals surface area contributed by atoms with E-state index in [0.717, 1.165) is 21.5 Å². The minimum atomic E-state index is 0.774. The molecule has 4 heteroatoms. The highest BCUT2D eigenvalue weighted by Gasteiger charge is 2.04. The van der Waals surface area contributed by atoms with Gasteiger partial charge >= 0.3 is 0 Å². The zero-order valence-electron chi connectivity index (χ0n) is 8.33. The molecule has 0 bridgehead atoms. The van der Waals surface area contributed by atoms with Crippen molar-refractivity contribution in [3.8, 4) is 11.3 Å². The van der Waals surface area contributed by atoms with Gasteiger partial charge in [0.15, 0.2) is 4.77 Å². The molecule has 1 N–H and O–H groups in total. The molecular formula is C11H11BrN2S. The van der Waals surface area contributed by atoms with E-state index in [4.69, 9.17) is 12.2 Å². The summed E-state index contributed by atoms with van der Waals surface area (Å²) in [5.41, 5.74) is 2.31. The molecule has 1 heterocycles. The lowest BCUT2D eigenvalue weighted by Gasteiger charge is -2.05. The van der Waals surface area contributed by atoms with Gasteiger partial charge in [0.25, 0.3) is 0 Å². The lowest BCUT2D eigenvalue weighted by atomic mass is 10.2. The number of aromatic amines is 1. The molecule has 2 nitrogen and oxygen atoms in total. The zero-order valence-corrected chi connectivity index (χ0v) is 10.7. The number of benzene rings is 1. The Balaban J connectivity index is 2.54. The van der Waals surface area contributed by atoms with Crippen molar-refractivity contribution in [3.05, 3.63) is 39.7 Å². The van der Waals surface area contributed by atoms with Crippen LogP contribution in [0.2, 0.25) is 0 Å². The molecule has 0 aliphatic rings. The van der Waals surface area contributed by atoms with Crippen molar-refractivity contribution in [2.24, 2.45) is 0 Å². The molecule has 2 aromatic rings. The van der Waals surface area contributed by atoms with Gasteiger partial charge in [-0.05, 0) is 36.8 Å². The summed E-state index contributed by atoms with van der Waals surface area (Å²) < 4.78 is 3.94. The lowest BCUT2D eigenvalue weighted by Crippen LogP contribution is -1.96. The first kappa shape index (κ1) is 10.6. The van der Waals surface area contributed by atoms with Gasteiger partial charge in [0.05, 0.1) is 5.69 Å². The predicted molar refractivity (Wildman–Crippen MR) is 68.4 cm³/mol. The molecule has 15 heavy (non-hydrogen) atoms. The van der Waals surface area contributed by atoms with Crippen LogP contribution in [0.4, 0.5) is 0 Å². The summed E-state index contributed by atoms with van der Waals surface area (Å²) in [5.74, 6) is 0. The number of halogens is 1. The number of hydrogen-bond donors (Lipinski definition) is 1. The average molecular weight is 283 g/mol. The van der Waals surface area contributed by atoms with E-state index < -0.39 is 0 Å². The van der Waals surface area contributed by atoms with Crippen LogP contribution >= 0.6 is 28.1 Å². The summed E-state index contributed by atoms with van der Waals surface area (Å²) in [6, 6.07) is 8.22. The summed E-state index contributed by atoms with van der Waals surface area (Å²) in [4.78, 5) is 3.07. The van der Waals surface area contributed by atoms with E-state index in [-0.39, 0.29) is 0 Å². The fraction of sp³-hybridized carbons (Fsp3) is 0.182. The van der Waals surface area contributed by atoms with Gasteiger partial charge in [-0.2, -0.15) is 0 Å². The molecule has 1 aromatic carbocycles. The first-order chi connectivity index (χ1) is 7.22. The van der Waals surface area contributed by atoms with Crippen LogP contribution in [-0.4, -0.2) is 9.55 Å². The molecule has 0 unspecified atom stereocenters. The third-order valence-corrected chi connectivity index (χ3v) is 3.19. The molecule has 1 aromatic heterocycles. The van der Waals surface area contributed by atoms with Crippen molar-refractivity contribution < 1.29 is 0 Å². The fourth-order valence-corrected chi connectivity index (χ4v) is 2.12. The van der Waals surface area contributed by atoms with Gasteiger partial charge in [0, 0.05) is 17.2 Å². The molecule has 0 spiro atoms. The average Bonchev–Trinajstić information content (AvgIpc) is 2.61. The third-order valence-electron chi connectivity index (χ3n) is 2.32. The minimum Gasteiger partial charge on any atom is -0.337 e. The van der Waals surface area contributed by atoms with E-state index in [9.17, 15) is 0 Å². The van der Waals surface area contributed by atoms with Gasteiger partial charge in [-0.25, -0.2) is 0 Å². The van der Waals surface area contributed by atoms with E-state index >= 15 is 0 Å². The van der Waals surface area contributed by atoms with Crippen LogP contribution in [0.15, 0.2) is 34.9 Å². The molecule has 0 aliphatic heterocycles. The van der Waals surface area contributed by atoms with Gasteiger partial charge in [-0.15, -0.1) is 0 Å². The zero-order chi connectivity index (χ0) is 10.8. The fourth-order valence-electron chi connectivity index (χ4n) is 1.57. The number of nitrogens with one attached hydrogen (secondary N) is 1. The summed E-state index contributed by atoms with van der Waals surface area (Å²) in [6.07, 6.45) is 1.95. The maximum atomic E-state index is 5.20. The molecule has 0 radical (unpaired) electrons. The predicted octanol–water partition coefficient (Wildman–Crippen LogP) is 4.00. The van der Waals surface area contributed by atoms with Gasteiger partial charge in [0.1, 0.15) is 0 Å². The Morgan fingerprint density at radius 3 is 2.60 bits per heavy atom. The quantitative estimate of drug-likeness (QED) is 0.826. The van der Waals surface area contributed by atoms with Gasteiger partial charge in [-0.3, -0.25) is 0 Å². The number of aromatic nitrogens is 2. The number of nitrogens with zero attached hydrogens (tertiary/aromatic N) is 1. The SMILES string of the molecule is CCn1c(-c2ccc(Br)cc2)c[nH]c1=S. The monoisotopic (exact) mass is 282 g/mol. The van der Waals surface area contributed by atoms with E-state index in [0.29, 0.717) is 0 Å². The summed E-state index contributed by atoms with van der Waals surface area (Å²) >= 11 is 8.62. The molecule has 0 aliphatic carbocycles. The Morgan fingerprint density at radius 2 is 2.00 bits per heavy atom. The van der Waals surface area contributed by atoms with Crippen LogP contribution in [0, 0.1) is 4.77 Å². The highest BCUT2D eigenvalue weighted by atomic mass is 79.9. The highest BCUT2D eigenvalue weighted by molar-refractivity contribution is 9.10. The minimum absolute atomic E-state index is 0.774. The second-order valence-corrected chi connectivity index (χ2v) is 4.53. The van der Waals surface area contributed by atoms with E-state index in [1.54, 1.807) is 0 Å². The molecular weight excluding hydrogens is 272 g/mol. The standard InChI is InChI=1S/C11H11BrN2S/c1-2-14-10(7-13-11(14)15)8-3-5-9(12)6-4-8/h3-7H,2H2,1H3,(H,13,15). The number of rotatable bonds is 2. The normalized spacial score (nSPS) is 10.5. The first-order valence-electron chi connectivity index (χ1n) is 4.76. The highest BCUT2D eigenvalue weighted by Crippen LogP contribution is 2.21. The van der Waals surface area contributed by atoms with Crippen LogP contribution in [0.25, 0.3) is 11.3 Å². The van der Waals surface area contributed by atoms with Crippen molar-refractivity contribution in [1.82, 2.24) is 9.55 Å². The van der Waals surface area contributed by atoms with Crippen molar-refractivity contribution in [1.29, 1.82) is 0 Å². The largest absolute Gasteiger partial charge is 0.337 e. The summed E-state index contributed by atoms with van der Waals surface area (Å²) in [5, 5.41) is 0. The number of H-pyrrole nitrogens is 1. The molecule has 78 valence electrons. The molecule has 0 saturated carbocycles. The summed E-state index contributed by atoms with van der Waals surface area (Å²) in [7, 11) is 0. The molecule has 0 atom stereocenters. The van der Waals surface area contributed by atoms with Crippen LogP contribution < -0.4 is 0 Å². The second kappa shape index (κ2) is 4.33. The number of hydrogen-bond acceptors (Lipinski definition) is 1. The summed E-state index contributed by atoms with van der Waals surface area (Å²) in [6.45, 7) is 2.97. The molecule has 0 amide bonds. The van der Waals surface area contributed by atoms with E-state index in [1.807, 2.05) is 18.3 Å². The second-order valence-electron chi connectivity index (χ2n) is 3.23. The van der Waals surface area contributed by atoms with Crippen molar-refractivity contribution in [2.45, 2.75) is 13.5 Å². The van der Waals surface area contributed by atoms with Crippen molar-refractivity contribution in [3.63, 3.8) is 0 Å². The maximum Gasteiger partial charge on any atom is 0.177 e. The lowest BCUT2D eigenvalue weighted by molar-refractivity contribution is 0.757. The molecule has 2 rings (SSSR count).